The van der Waals surface area contributed by atoms with E-state index in [-0.39, 0.29) is 15.1 Å². The molecule has 1 fully saturated rings. The largest absolute Gasteiger partial charge is 0.394 e. The summed E-state index contributed by atoms with van der Waals surface area (Å²) in [6.45, 7) is -0.447. The normalized spacial score (nSPS) is 26.8. The number of thiazole rings is 1. The molecule has 3 N–H and O–H groups in total. The second kappa shape index (κ2) is 9.27. The highest BCUT2D eigenvalue weighted by Gasteiger charge is 2.46. The highest BCUT2D eigenvalue weighted by Crippen LogP contribution is 2.41. The second-order valence-electron chi connectivity index (χ2n) is 6.44. The first kappa shape index (κ1) is 22.3. The van der Waals surface area contributed by atoms with Crippen LogP contribution < -0.4 is 0 Å². The molecule has 1 aliphatic heterocycles. The van der Waals surface area contributed by atoms with E-state index < -0.39 is 36.4 Å². The fourth-order valence-electron chi connectivity index (χ4n) is 3.08. The maximum Gasteiger partial charge on any atom is 0.145 e. The number of nitrogens with zero attached hydrogens (tertiary/aromatic N) is 4. The lowest BCUT2D eigenvalue weighted by Gasteiger charge is -2.41. The van der Waals surface area contributed by atoms with Crippen LogP contribution in [0.25, 0.3) is 10.7 Å². The Kier molecular flexibility index (Phi) is 6.88. The molecule has 0 amide bonds. The zero-order valence-corrected chi connectivity index (χ0v) is 18.9. The third-order valence-corrected chi connectivity index (χ3v) is 7.65. The first-order valence-electron chi connectivity index (χ1n) is 8.64. The maximum atomic E-state index is 11.0. The summed E-state index contributed by atoms with van der Waals surface area (Å²) in [4.78, 5) is 4.79. The Morgan fingerprint density at radius 2 is 1.90 bits per heavy atom. The standard InChI is InChI=1S/C17H15Cl3N4O4S2/c18-8-3-7(4-9(19)12(8)20)30-17-15(27)13(14(26)11(6-25)28-17)24-5-10(22-23-24)16-21-1-2-29-16/h1-5,11,13-15,17,25-27H,6H2/t11?,13?,14?,15-,17?/m0/s1. The Hall–Kier alpha value is -0.950. The number of benzene rings is 1. The number of halogens is 3. The van der Waals surface area contributed by atoms with Gasteiger partial charge in [0.15, 0.2) is 0 Å². The van der Waals surface area contributed by atoms with Gasteiger partial charge < -0.3 is 20.1 Å². The van der Waals surface area contributed by atoms with E-state index in [0.717, 1.165) is 11.8 Å². The van der Waals surface area contributed by atoms with Crippen LogP contribution in [0.15, 0.2) is 34.8 Å². The molecule has 0 radical (unpaired) electrons. The van der Waals surface area contributed by atoms with E-state index in [1.165, 1.54) is 16.0 Å². The molecule has 1 aliphatic rings. The van der Waals surface area contributed by atoms with Crippen molar-refractivity contribution in [1.82, 2.24) is 20.0 Å². The van der Waals surface area contributed by atoms with E-state index in [1.54, 1.807) is 24.5 Å². The molecule has 0 aliphatic carbocycles. The van der Waals surface area contributed by atoms with Crippen LogP contribution in [0.4, 0.5) is 0 Å². The zero-order chi connectivity index (χ0) is 21.4. The Labute approximate surface area is 194 Å². The molecule has 30 heavy (non-hydrogen) atoms. The van der Waals surface area contributed by atoms with Crippen molar-refractivity contribution in [3.63, 3.8) is 0 Å². The van der Waals surface area contributed by atoms with Gasteiger partial charge in [-0.1, -0.05) is 51.8 Å². The van der Waals surface area contributed by atoms with Crippen LogP contribution in [-0.4, -0.2) is 65.7 Å². The molecule has 0 saturated carbocycles. The molecule has 3 heterocycles. The number of rotatable bonds is 5. The van der Waals surface area contributed by atoms with Gasteiger partial charge in [0.2, 0.25) is 0 Å². The quantitative estimate of drug-likeness (QED) is 0.450. The fourth-order valence-corrected chi connectivity index (χ4v) is 5.53. The smallest absolute Gasteiger partial charge is 0.145 e. The van der Waals surface area contributed by atoms with Gasteiger partial charge in [-0.15, -0.1) is 16.4 Å². The van der Waals surface area contributed by atoms with Gasteiger partial charge in [-0.05, 0) is 12.1 Å². The van der Waals surface area contributed by atoms with Crippen molar-refractivity contribution in [3.05, 3.63) is 45.0 Å². The van der Waals surface area contributed by atoms with Crippen LogP contribution >= 0.6 is 57.9 Å². The minimum Gasteiger partial charge on any atom is -0.394 e. The lowest BCUT2D eigenvalue weighted by molar-refractivity contribution is -0.178. The monoisotopic (exact) mass is 508 g/mol. The number of aliphatic hydroxyl groups is 3. The lowest BCUT2D eigenvalue weighted by Crippen LogP contribution is -2.55. The van der Waals surface area contributed by atoms with E-state index in [0.29, 0.717) is 15.6 Å². The molecule has 1 aromatic carbocycles. The van der Waals surface area contributed by atoms with Crippen molar-refractivity contribution in [2.24, 2.45) is 0 Å². The Bertz CT molecular complexity index is 999. The van der Waals surface area contributed by atoms with Crippen LogP contribution in [0.2, 0.25) is 15.1 Å². The molecular weight excluding hydrogens is 495 g/mol. The summed E-state index contributed by atoms with van der Waals surface area (Å²) in [6, 6.07) is 2.29. The number of ether oxygens (including phenoxy) is 1. The van der Waals surface area contributed by atoms with Gasteiger partial charge in [0.05, 0.1) is 27.9 Å². The second-order valence-corrected chi connectivity index (χ2v) is 9.70. The molecule has 4 unspecified atom stereocenters. The molecule has 8 nitrogen and oxygen atoms in total. The fraction of sp³-hybridized carbons (Fsp3) is 0.353. The summed E-state index contributed by atoms with van der Waals surface area (Å²) in [7, 11) is 0. The van der Waals surface area contributed by atoms with Crippen molar-refractivity contribution in [3.8, 4) is 10.7 Å². The van der Waals surface area contributed by atoms with E-state index >= 15 is 0 Å². The van der Waals surface area contributed by atoms with Crippen molar-refractivity contribution < 1.29 is 20.1 Å². The summed E-state index contributed by atoms with van der Waals surface area (Å²) in [5.41, 5.74) is -0.340. The molecule has 13 heteroatoms. The lowest BCUT2D eigenvalue weighted by atomic mass is 9.97. The molecule has 1 saturated heterocycles. The minimum atomic E-state index is -1.22. The highest BCUT2D eigenvalue weighted by atomic mass is 35.5. The summed E-state index contributed by atoms with van der Waals surface area (Å²) in [6.07, 6.45) is -0.111. The van der Waals surface area contributed by atoms with E-state index in [9.17, 15) is 15.3 Å². The predicted octanol–water partition coefficient (Wildman–Crippen LogP) is 3.13. The van der Waals surface area contributed by atoms with E-state index in [2.05, 4.69) is 15.3 Å². The molecule has 0 bridgehead atoms. The van der Waals surface area contributed by atoms with Gasteiger partial charge in [0.1, 0.15) is 40.5 Å². The minimum absolute atomic E-state index is 0.228. The van der Waals surface area contributed by atoms with Gasteiger partial charge in [0, 0.05) is 16.5 Å². The topological polar surface area (TPSA) is 114 Å². The average molecular weight is 510 g/mol. The van der Waals surface area contributed by atoms with Gasteiger partial charge in [-0.2, -0.15) is 0 Å². The number of thioether (sulfide) groups is 1. The summed E-state index contributed by atoms with van der Waals surface area (Å²) >= 11 is 20.7. The number of hydrogen-bond acceptors (Lipinski definition) is 9. The van der Waals surface area contributed by atoms with Gasteiger partial charge >= 0.3 is 0 Å². The van der Waals surface area contributed by atoms with Crippen LogP contribution in [0.5, 0.6) is 0 Å². The van der Waals surface area contributed by atoms with Crippen LogP contribution in [-0.2, 0) is 4.74 Å². The molecule has 3 aromatic rings. The molecule has 4 rings (SSSR count). The maximum absolute atomic E-state index is 11.0. The molecular formula is C17H15Cl3N4O4S2. The number of hydrogen-bond donors (Lipinski definition) is 3. The van der Waals surface area contributed by atoms with Crippen molar-refractivity contribution in [2.75, 3.05) is 6.61 Å². The molecule has 160 valence electrons. The Morgan fingerprint density at radius 3 is 2.53 bits per heavy atom. The third-order valence-electron chi connectivity index (χ3n) is 4.53. The zero-order valence-electron chi connectivity index (χ0n) is 15.0. The van der Waals surface area contributed by atoms with Crippen LogP contribution in [0.3, 0.4) is 0 Å². The van der Waals surface area contributed by atoms with Gasteiger partial charge in [-0.25, -0.2) is 9.67 Å². The molecule has 0 spiro atoms. The first-order chi connectivity index (χ1) is 14.4. The van der Waals surface area contributed by atoms with Gasteiger partial charge in [-0.3, -0.25) is 0 Å². The van der Waals surface area contributed by atoms with Crippen molar-refractivity contribution in [2.45, 2.75) is 34.7 Å². The summed E-state index contributed by atoms with van der Waals surface area (Å²) < 4.78 is 7.09. The predicted molar refractivity (Wildman–Crippen MR) is 115 cm³/mol. The summed E-state index contributed by atoms with van der Waals surface area (Å²) in [5.74, 6) is 0. The summed E-state index contributed by atoms with van der Waals surface area (Å²) in [5, 5.41) is 42.7. The third kappa shape index (κ3) is 4.34. The highest BCUT2D eigenvalue weighted by molar-refractivity contribution is 7.99. The van der Waals surface area contributed by atoms with Crippen molar-refractivity contribution >= 4 is 57.9 Å². The first-order valence-corrected chi connectivity index (χ1v) is 11.5. The van der Waals surface area contributed by atoms with Crippen molar-refractivity contribution in [1.29, 1.82) is 0 Å². The molecule has 2 aromatic heterocycles. The van der Waals surface area contributed by atoms with E-state index in [1.807, 2.05) is 5.38 Å². The Morgan fingerprint density at radius 1 is 1.17 bits per heavy atom. The SMILES string of the molecule is OCC1OC(Sc2cc(Cl)c(Cl)c(Cl)c2)[C@@H](O)C(n2cc(-c3nccs3)nn2)C1O. The van der Waals surface area contributed by atoms with E-state index in [4.69, 9.17) is 39.5 Å². The van der Waals surface area contributed by atoms with Crippen LogP contribution in [0, 0.1) is 0 Å². The van der Waals surface area contributed by atoms with Crippen LogP contribution in [0.1, 0.15) is 6.04 Å². The van der Waals surface area contributed by atoms with Gasteiger partial charge in [0.25, 0.3) is 0 Å². The Balaban J connectivity index is 1.62. The number of aliphatic hydroxyl groups excluding tert-OH is 3. The average Bonchev–Trinajstić information content (AvgIpc) is 3.40. The molecule has 5 atom stereocenters. The number of aromatic nitrogens is 4.